The van der Waals surface area contributed by atoms with Crippen molar-refractivity contribution >= 4 is 39.1 Å². The number of aliphatic carboxylic acids is 1. The number of halogens is 1. The maximum Gasteiger partial charge on any atom is 0.303 e. The van der Waals surface area contributed by atoms with Crippen molar-refractivity contribution in [3.8, 4) is 0 Å². The average Bonchev–Trinajstić information content (AvgIpc) is 2.92. The summed E-state index contributed by atoms with van der Waals surface area (Å²) in [5, 5.41) is 12.7. The SMILES string of the molecule is CCc1csc2nc(C3CCC(CC(=O)O)C(C)C3)nc(Cl)c12. The molecule has 0 spiro atoms. The van der Waals surface area contributed by atoms with Gasteiger partial charge in [0.1, 0.15) is 15.8 Å². The first-order valence-electron chi connectivity index (χ1n) is 8.14. The molecule has 0 bridgehead atoms. The lowest BCUT2D eigenvalue weighted by Crippen LogP contribution is -2.25. The zero-order valence-corrected chi connectivity index (χ0v) is 15.0. The van der Waals surface area contributed by atoms with Gasteiger partial charge >= 0.3 is 5.97 Å². The molecule has 4 nitrogen and oxygen atoms in total. The summed E-state index contributed by atoms with van der Waals surface area (Å²) in [5.74, 6) is 1.04. The third-order valence-electron chi connectivity index (χ3n) is 5.01. The molecule has 1 aliphatic rings. The monoisotopic (exact) mass is 352 g/mol. The van der Waals surface area contributed by atoms with Gasteiger partial charge in [0.25, 0.3) is 0 Å². The first kappa shape index (κ1) is 16.7. The number of carboxylic acid groups (broad SMARTS) is 1. The van der Waals surface area contributed by atoms with Crippen molar-refractivity contribution in [2.24, 2.45) is 11.8 Å². The van der Waals surface area contributed by atoms with E-state index in [1.54, 1.807) is 11.3 Å². The molecule has 0 aliphatic heterocycles. The lowest BCUT2D eigenvalue weighted by Gasteiger charge is -2.32. The fourth-order valence-electron chi connectivity index (χ4n) is 3.63. The van der Waals surface area contributed by atoms with Gasteiger partial charge < -0.3 is 5.11 Å². The van der Waals surface area contributed by atoms with Crippen LogP contribution in [0.3, 0.4) is 0 Å². The highest BCUT2D eigenvalue weighted by atomic mass is 35.5. The molecule has 1 saturated carbocycles. The molecule has 3 rings (SSSR count). The summed E-state index contributed by atoms with van der Waals surface area (Å²) in [4.78, 5) is 21.2. The molecule has 1 N–H and O–H groups in total. The van der Waals surface area contributed by atoms with E-state index < -0.39 is 5.97 Å². The molecule has 1 aliphatic carbocycles. The zero-order chi connectivity index (χ0) is 16.6. The van der Waals surface area contributed by atoms with Gasteiger partial charge in [0.2, 0.25) is 0 Å². The Balaban J connectivity index is 1.83. The molecule has 6 heteroatoms. The normalized spacial score (nSPS) is 24.9. The molecular weight excluding hydrogens is 332 g/mol. The Labute approximate surface area is 144 Å². The summed E-state index contributed by atoms with van der Waals surface area (Å²) in [6.07, 6.45) is 3.99. The smallest absolute Gasteiger partial charge is 0.303 e. The number of carbonyl (C=O) groups is 1. The highest BCUT2D eigenvalue weighted by Gasteiger charge is 2.31. The van der Waals surface area contributed by atoms with E-state index in [0.717, 1.165) is 41.7 Å². The van der Waals surface area contributed by atoms with E-state index in [-0.39, 0.29) is 18.3 Å². The Kier molecular flexibility index (Phi) is 4.87. The minimum atomic E-state index is -0.702. The number of nitrogens with zero attached hydrogens (tertiary/aromatic N) is 2. The molecule has 23 heavy (non-hydrogen) atoms. The third-order valence-corrected chi connectivity index (χ3v) is 6.21. The second kappa shape index (κ2) is 6.73. The molecule has 2 aromatic heterocycles. The van der Waals surface area contributed by atoms with Crippen LogP contribution >= 0.6 is 22.9 Å². The minimum absolute atomic E-state index is 0.261. The number of carboxylic acids is 1. The Morgan fingerprint density at radius 1 is 1.43 bits per heavy atom. The zero-order valence-electron chi connectivity index (χ0n) is 13.4. The first-order valence-corrected chi connectivity index (χ1v) is 9.40. The fourth-order valence-corrected chi connectivity index (χ4v) is 5.02. The van der Waals surface area contributed by atoms with Gasteiger partial charge in [-0.05, 0) is 48.5 Å². The average molecular weight is 353 g/mol. The predicted molar refractivity (Wildman–Crippen MR) is 93.3 cm³/mol. The van der Waals surface area contributed by atoms with Crippen LogP contribution in [0.25, 0.3) is 10.2 Å². The molecule has 2 heterocycles. The van der Waals surface area contributed by atoms with Crippen molar-refractivity contribution < 1.29 is 9.90 Å². The van der Waals surface area contributed by atoms with Crippen LogP contribution in [0.1, 0.15) is 56.8 Å². The second-order valence-corrected chi connectivity index (χ2v) is 7.73. The summed E-state index contributed by atoms with van der Waals surface area (Å²) in [6.45, 7) is 4.25. The van der Waals surface area contributed by atoms with Crippen molar-refractivity contribution in [1.82, 2.24) is 9.97 Å². The van der Waals surface area contributed by atoms with E-state index >= 15 is 0 Å². The molecule has 0 aromatic carbocycles. The van der Waals surface area contributed by atoms with Crippen LogP contribution in [0.5, 0.6) is 0 Å². The van der Waals surface area contributed by atoms with Gasteiger partial charge in [-0.2, -0.15) is 0 Å². The van der Waals surface area contributed by atoms with Crippen LogP contribution in [0.2, 0.25) is 5.15 Å². The molecule has 124 valence electrons. The number of rotatable bonds is 4. The van der Waals surface area contributed by atoms with Crippen molar-refractivity contribution in [3.63, 3.8) is 0 Å². The molecule has 3 unspecified atom stereocenters. The highest BCUT2D eigenvalue weighted by Crippen LogP contribution is 2.41. The van der Waals surface area contributed by atoms with Gasteiger partial charge in [-0.3, -0.25) is 4.79 Å². The van der Waals surface area contributed by atoms with E-state index in [0.29, 0.717) is 11.1 Å². The number of hydrogen-bond donors (Lipinski definition) is 1. The van der Waals surface area contributed by atoms with Crippen LogP contribution in [0.4, 0.5) is 0 Å². The molecule has 2 aromatic rings. The van der Waals surface area contributed by atoms with E-state index in [1.807, 2.05) is 0 Å². The summed E-state index contributed by atoms with van der Waals surface area (Å²) in [7, 11) is 0. The standard InChI is InChI=1S/C17H21ClN2O2S/c1-3-10-8-23-17-14(10)15(18)19-16(20-17)12-5-4-11(7-13(21)22)9(2)6-12/h8-9,11-12H,3-7H2,1-2H3,(H,21,22). The topological polar surface area (TPSA) is 63.1 Å². The van der Waals surface area contributed by atoms with E-state index in [4.69, 9.17) is 21.7 Å². The summed E-state index contributed by atoms with van der Waals surface area (Å²) >= 11 is 8.05. The Hall–Kier alpha value is -1.20. The van der Waals surface area contributed by atoms with E-state index in [9.17, 15) is 4.79 Å². The van der Waals surface area contributed by atoms with Gasteiger partial charge in [0, 0.05) is 12.3 Å². The number of aryl methyl sites for hydroxylation is 1. The molecule has 0 amide bonds. The molecule has 1 fully saturated rings. The summed E-state index contributed by atoms with van der Waals surface area (Å²) in [5.41, 5.74) is 1.21. The van der Waals surface area contributed by atoms with Crippen molar-refractivity contribution in [3.05, 3.63) is 21.9 Å². The van der Waals surface area contributed by atoms with Crippen molar-refractivity contribution in [2.75, 3.05) is 0 Å². The molecule has 0 saturated heterocycles. The number of hydrogen-bond acceptors (Lipinski definition) is 4. The van der Waals surface area contributed by atoms with Gasteiger partial charge in [-0.25, -0.2) is 9.97 Å². The van der Waals surface area contributed by atoms with Gasteiger partial charge in [0.05, 0.1) is 5.39 Å². The third kappa shape index (κ3) is 3.36. The second-order valence-electron chi connectivity index (χ2n) is 6.51. The maximum atomic E-state index is 10.9. The van der Waals surface area contributed by atoms with Crippen LogP contribution in [0.15, 0.2) is 5.38 Å². The van der Waals surface area contributed by atoms with Gasteiger partial charge in [0.15, 0.2) is 0 Å². The minimum Gasteiger partial charge on any atom is -0.481 e. The number of thiophene rings is 1. The van der Waals surface area contributed by atoms with Crippen LogP contribution in [0, 0.1) is 11.8 Å². The predicted octanol–water partition coefficient (Wildman–Crippen LogP) is 4.90. The molecule has 3 atom stereocenters. The maximum absolute atomic E-state index is 10.9. The fraction of sp³-hybridized carbons (Fsp3) is 0.588. The number of aromatic nitrogens is 2. The lowest BCUT2D eigenvalue weighted by atomic mass is 9.73. The van der Waals surface area contributed by atoms with Crippen LogP contribution in [-0.2, 0) is 11.2 Å². The van der Waals surface area contributed by atoms with Crippen LogP contribution in [-0.4, -0.2) is 21.0 Å². The quantitative estimate of drug-likeness (QED) is 0.795. The van der Waals surface area contributed by atoms with Crippen LogP contribution < -0.4 is 0 Å². The Morgan fingerprint density at radius 2 is 2.22 bits per heavy atom. The molecular formula is C17H21ClN2O2S. The summed E-state index contributed by atoms with van der Waals surface area (Å²) < 4.78 is 0. The Morgan fingerprint density at radius 3 is 2.87 bits per heavy atom. The Bertz CT molecular complexity index is 731. The first-order chi connectivity index (χ1) is 11.0. The number of fused-ring (bicyclic) bond motifs is 1. The van der Waals surface area contributed by atoms with Gasteiger partial charge in [-0.15, -0.1) is 11.3 Å². The highest BCUT2D eigenvalue weighted by molar-refractivity contribution is 7.17. The lowest BCUT2D eigenvalue weighted by molar-refractivity contribution is -0.138. The van der Waals surface area contributed by atoms with Crippen molar-refractivity contribution in [1.29, 1.82) is 0 Å². The largest absolute Gasteiger partial charge is 0.481 e. The van der Waals surface area contributed by atoms with E-state index in [1.165, 1.54) is 5.56 Å². The summed E-state index contributed by atoms with van der Waals surface area (Å²) in [6, 6.07) is 0. The van der Waals surface area contributed by atoms with Gasteiger partial charge in [-0.1, -0.05) is 25.4 Å². The van der Waals surface area contributed by atoms with Crippen molar-refractivity contribution in [2.45, 2.75) is 51.9 Å². The molecule has 0 radical (unpaired) electrons. The van der Waals surface area contributed by atoms with E-state index in [2.05, 4.69) is 24.2 Å².